The van der Waals surface area contributed by atoms with Crippen LogP contribution in [0.3, 0.4) is 0 Å². The molecule has 1 aromatic rings. The lowest BCUT2D eigenvalue weighted by molar-refractivity contribution is 0.0661. The van der Waals surface area contributed by atoms with E-state index in [2.05, 4.69) is 5.10 Å². The van der Waals surface area contributed by atoms with Crippen molar-refractivity contribution in [3.63, 3.8) is 0 Å². The molecule has 0 radical (unpaired) electrons. The molecular weight excluding hydrogens is 180 g/mol. The van der Waals surface area contributed by atoms with Gasteiger partial charge in [0.05, 0.1) is 18.3 Å². The number of hydrogen-bond acceptors (Lipinski definition) is 3. The van der Waals surface area contributed by atoms with Crippen LogP contribution in [0.5, 0.6) is 0 Å². The summed E-state index contributed by atoms with van der Waals surface area (Å²) in [6, 6.07) is 0.441. The summed E-state index contributed by atoms with van der Waals surface area (Å²) in [4.78, 5) is 0. The fourth-order valence-electron chi connectivity index (χ4n) is 1.72. The molecule has 2 rings (SSSR count). The van der Waals surface area contributed by atoms with Gasteiger partial charge in [0, 0.05) is 25.0 Å². The highest BCUT2D eigenvalue weighted by Crippen LogP contribution is 2.21. The Morgan fingerprint density at radius 1 is 1.57 bits per heavy atom. The van der Waals surface area contributed by atoms with E-state index in [1.165, 1.54) is 0 Å². The molecule has 1 aliphatic heterocycles. The lowest BCUT2D eigenvalue weighted by Gasteiger charge is -2.22. The van der Waals surface area contributed by atoms with Gasteiger partial charge >= 0.3 is 0 Å². The van der Waals surface area contributed by atoms with Gasteiger partial charge in [-0.25, -0.2) is 0 Å². The van der Waals surface area contributed by atoms with Crippen LogP contribution in [0.1, 0.15) is 37.5 Å². The van der Waals surface area contributed by atoms with Crippen molar-refractivity contribution in [2.75, 3.05) is 13.2 Å². The Hall–Kier alpha value is -0.870. The van der Waals surface area contributed by atoms with Crippen molar-refractivity contribution in [2.45, 2.75) is 31.9 Å². The molecule has 0 aromatic carbocycles. The summed E-state index contributed by atoms with van der Waals surface area (Å²) in [6.45, 7) is 3.38. The van der Waals surface area contributed by atoms with Gasteiger partial charge in [0.2, 0.25) is 0 Å². The second-order valence-electron chi connectivity index (χ2n) is 3.77. The van der Waals surface area contributed by atoms with E-state index in [9.17, 15) is 5.11 Å². The van der Waals surface area contributed by atoms with Gasteiger partial charge in [-0.3, -0.25) is 4.68 Å². The Bertz CT molecular complexity index is 290. The van der Waals surface area contributed by atoms with Crippen molar-refractivity contribution in [1.29, 1.82) is 0 Å². The molecule has 14 heavy (non-hydrogen) atoms. The molecule has 1 N–H and O–H groups in total. The first kappa shape index (κ1) is 9.68. The van der Waals surface area contributed by atoms with E-state index in [4.69, 9.17) is 4.74 Å². The molecule has 4 heteroatoms. The Morgan fingerprint density at radius 2 is 2.29 bits per heavy atom. The molecule has 78 valence electrons. The number of aromatic nitrogens is 2. The minimum absolute atomic E-state index is 0.427. The van der Waals surface area contributed by atoms with E-state index in [-0.39, 0.29) is 0 Å². The molecule has 0 bridgehead atoms. The van der Waals surface area contributed by atoms with E-state index < -0.39 is 6.10 Å². The quantitative estimate of drug-likeness (QED) is 0.775. The predicted molar refractivity (Wildman–Crippen MR) is 52.0 cm³/mol. The topological polar surface area (TPSA) is 47.3 Å². The smallest absolute Gasteiger partial charge is 0.0792 e. The summed E-state index contributed by atoms with van der Waals surface area (Å²) in [5.41, 5.74) is 0.886. The lowest BCUT2D eigenvalue weighted by atomic mass is 10.1. The largest absolute Gasteiger partial charge is 0.389 e. The molecule has 0 saturated carbocycles. The second-order valence-corrected chi connectivity index (χ2v) is 3.77. The highest BCUT2D eigenvalue weighted by atomic mass is 16.5. The van der Waals surface area contributed by atoms with Crippen molar-refractivity contribution in [2.24, 2.45) is 0 Å². The van der Waals surface area contributed by atoms with Crippen molar-refractivity contribution in [3.8, 4) is 0 Å². The maximum absolute atomic E-state index is 9.36. The van der Waals surface area contributed by atoms with Crippen LogP contribution < -0.4 is 0 Å². The third-order valence-electron chi connectivity index (χ3n) is 2.67. The van der Waals surface area contributed by atoms with Crippen LogP contribution in [0.15, 0.2) is 12.4 Å². The van der Waals surface area contributed by atoms with Crippen molar-refractivity contribution in [3.05, 3.63) is 18.0 Å². The molecule has 1 unspecified atom stereocenters. The number of aliphatic hydroxyl groups is 1. The first-order valence-electron chi connectivity index (χ1n) is 5.07. The lowest BCUT2D eigenvalue weighted by Crippen LogP contribution is -2.19. The maximum atomic E-state index is 9.36. The minimum atomic E-state index is -0.427. The SMILES string of the molecule is CC(O)c1cnn(C2CCOCC2)c1. The molecular formula is C10H16N2O2. The van der Waals surface area contributed by atoms with Gasteiger partial charge in [0.25, 0.3) is 0 Å². The zero-order chi connectivity index (χ0) is 9.97. The maximum Gasteiger partial charge on any atom is 0.0792 e. The van der Waals surface area contributed by atoms with E-state index in [1.807, 2.05) is 10.9 Å². The summed E-state index contributed by atoms with van der Waals surface area (Å²) in [6.07, 6.45) is 5.27. The summed E-state index contributed by atoms with van der Waals surface area (Å²) >= 11 is 0. The third kappa shape index (κ3) is 1.96. The summed E-state index contributed by atoms with van der Waals surface area (Å²) in [7, 11) is 0. The van der Waals surface area contributed by atoms with Crippen LogP contribution in [0.2, 0.25) is 0 Å². The predicted octanol–water partition coefficient (Wildman–Crippen LogP) is 1.29. The molecule has 1 saturated heterocycles. The molecule has 1 aliphatic rings. The van der Waals surface area contributed by atoms with Gasteiger partial charge in [-0.15, -0.1) is 0 Å². The zero-order valence-corrected chi connectivity index (χ0v) is 8.39. The molecule has 1 fully saturated rings. The Balaban J connectivity index is 2.07. The van der Waals surface area contributed by atoms with Crippen molar-refractivity contribution >= 4 is 0 Å². The number of hydrogen-bond donors (Lipinski definition) is 1. The molecule has 0 spiro atoms. The fourth-order valence-corrected chi connectivity index (χ4v) is 1.72. The van der Waals surface area contributed by atoms with E-state index in [1.54, 1.807) is 13.1 Å². The average molecular weight is 196 g/mol. The highest BCUT2D eigenvalue weighted by molar-refractivity contribution is 5.07. The number of rotatable bonds is 2. The molecule has 1 atom stereocenters. The van der Waals surface area contributed by atoms with Gasteiger partial charge in [-0.1, -0.05) is 0 Å². The first-order chi connectivity index (χ1) is 6.77. The normalized spacial score (nSPS) is 21.0. The van der Waals surface area contributed by atoms with Crippen LogP contribution in [-0.2, 0) is 4.74 Å². The van der Waals surface area contributed by atoms with E-state index >= 15 is 0 Å². The number of ether oxygens (including phenoxy) is 1. The van der Waals surface area contributed by atoms with Crippen molar-refractivity contribution in [1.82, 2.24) is 9.78 Å². The monoisotopic (exact) mass is 196 g/mol. The van der Waals surface area contributed by atoms with Gasteiger partial charge in [0.15, 0.2) is 0 Å². The third-order valence-corrected chi connectivity index (χ3v) is 2.67. The van der Waals surface area contributed by atoms with E-state index in [0.717, 1.165) is 31.6 Å². The van der Waals surface area contributed by atoms with Crippen LogP contribution in [0.4, 0.5) is 0 Å². The molecule has 0 aliphatic carbocycles. The average Bonchev–Trinajstić information content (AvgIpc) is 2.68. The Labute approximate surface area is 83.5 Å². The first-order valence-corrected chi connectivity index (χ1v) is 5.07. The molecule has 4 nitrogen and oxygen atoms in total. The summed E-state index contributed by atoms with van der Waals surface area (Å²) < 4.78 is 7.23. The van der Waals surface area contributed by atoms with Crippen LogP contribution in [0.25, 0.3) is 0 Å². The molecule has 0 amide bonds. The Kier molecular flexibility index (Phi) is 2.84. The molecule has 1 aromatic heterocycles. The zero-order valence-electron chi connectivity index (χ0n) is 8.39. The van der Waals surface area contributed by atoms with E-state index in [0.29, 0.717) is 6.04 Å². The summed E-state index contributed by atoms with van der Waals surface area (Å²) in [5.74, 6) is 0. The van der Waals surface area contributed by atoms with Gasteiger partial charge in [-0.2, -0.15) is 5.10 Å². The van der Waals surface area contributed by atoms with Gasteiger partial charge in [-0.05, 0) is 19.8 Å². The number of aliphatic hydroxyl groups excluding tert-OH is 1. The van der Waals surface area contributed by atoms with Crippen LogP contribution in [0, 0.1) is 0 Å². The Morgan fingerprint density at radius 3 is 2.86 bits per heavy atom. The number of nitrogens with zero attached hydrogens (tertiary/aromatic N) is 2. The standard InChI is InChI=1S/C10H16N2O2/c1-8(13)9-6-11-12(7-9)10-2-4-14-5-3-10/h6-8,10,13H,2-5H2,1H3. The van der Waals surface area contributed by atoms with Crippen LogP contribution in [-0.4, -0.2) is 28.1 Å². The fraction of sp³-hybridized carbons (Fsp3) is 0.700. The minimum Gasteiger partial charge on any atom is -0.389 e. The van der Waals surface area contributed by atoms with Crippen LogP contribution >= 0.6 is 0 Å². The second kappa shape index (κ2) is 4.11. The highest BCUT2D eigenvalue weighted by Gasteiger charge is 2.16. The van der Waals surface area contributed by atoms with Crippen molar-refractivity contribution < 1.29 is 9.84 Å². The summed E-state index contributed by atoms with van der Waals surface area (Å²) in [5, 5.41) is 13.6. The molecule has 2 heterocycles. The van der Waals surface area contributed by atoms with Gasteiger partial charge in [0.1, 0.15) is 0 Å². The van der Waals surface area contributed by atoms with Gasteiger partial charge < -0.3 is 9.84 Å².